The minimum atomic E-state index is -0.681. The van der Waals surface area contributed by atoms with E-state index in [0.29, 0.717) is 0 Å². The number of hydrogen-bond donors (Lipinski definition) is 2. The first-order valence-corrected chi connectivity index (χ1v) is 3.78. The van der Waals surface area contributed by atoms with E-state index in [1.54, 1.807) is 7.05 Å². The van der Waals surface area contributed by atoms with Gasteiger partial charge in [0.25, 0.3) is 0 Å². The minimum absolute atomic E-state index is 0.0579. The second kappa shape index (κ2) is 3.51. The third-order valence-electron chi connectivity index (χ3n) is 1.90. The lowest BCUT2D eigenvalue weighted by Crippen LogP contribution is -2.02. The van der Waals surface area contributed by atoms with Gasteiger partial charge in [-0.3, -0.25) is 0 Å². The lowest BCUT2D eigenvalue weighted by atomic mass is 10.1. The molecule has 0 aromatic heterocycles. The fraction of sp³-hybridized carbons (Fsp3) is 0.222. The summed E-state index contributed by atoms with van der Waals surface area (Å²) in [5, 5.41) is 9.59. The summed E-state index contributed by atoms with van der Waals surface area (Å²) in [4.78, 5) is 0. The predicted molar refractivity (Wildman–Crippen MR) is 48.5 cm³/mol. The largest absolute Gasteiger partial charge is 0.387 e. The van der Waals surface area contributed by atoms with E-state index in [1.807, 2.05) is 0 Å². The molecule has 0 unspecified atom stereocenters. The molecule has 1 aromatic carbocycles. The van der Waals surface area contributed by atoms with Crippen molar-refractivity contribution in [3.8, 4) is 0 Å². The average molecular weight is 184 g/mol. The maximum atomic E-state index is 13.3. The van der Waals surface area contributed by atoms with E-state index >= 15 is 0 Å². The molecular weight excluding hydrogens is 174 g/mol. The van der Waals surface area contributed by atoms with Gasteiger partial charge in [-0.05, 0) is 13.0 Å². The van der Waals surface area contributed by atoms with E-state index < -0.39 is 11.6 Å². The standard InChI is InChI=1S/C9H10F2N2/c1-5-7(10)3-8(13-2)6(4-12)9(5)11/h3-4,12-13H,1-2H3. The highest BCUT2D eigenvalue weighted by molar-refractivity contribution is 5.86. The fourth-order valence-electron chi connectivity index (χ4n) is 1.09. The van der Waals surface area contributed by atoms with Crippen LogP contribution in [0.5, 0.6) is 0 Å². The molecule has 0 fully saturated rings. The molecule has 0 saturated heterocycles. The van der Waals surface area contributed by atoms with Crippen LogP contribution in [-0.2, 0) is 0 Å². The Bertz CT molecular complexity index is 348. The Morgan fingerprint density at radius 2 is 2.08 bits per heavy atom. The van der Waals surface area contributed by atoms with Crippen molar-refractivity contribution in [2.75, 3.05) is 12.4 Å². The van der Waals surface area contributed by atoms with Gasteiger partial charge in [-0.2, -0.15) is 0 Å². The van der Waals surface area contributed by atoms with Crippen LogP contribution in [0.4, 0.5) is 14.5 Å². The smallest absolute Gasteiger partial charge is 0.139 e. The Labute approximate surface area is 75.1 Å². The molecule has 13 heavy (non-hydrogen) atoms. The van der Waals surface area contributed by atoms with Gasteiger partial charge in [-0.1, -0.05) is 0 Å². The first-order valence-electron chi connectivity index (χ1n) is 3.78. The highest BCUT2D eigenvalue weighted by atomic mass is 19.1. The molecule has 0 heterocycles. The van der Waals surface area contributed by atoms with Crippen LogP contribution >= 0.6 is 0 Å². The normalized spacial score (nSPS) is 9.85. The molecular formula is C9H10F2N2. The summed E-state index contributed by atoms with van der Waals surface area (Å²) < 4.78 is 26.3. The van der Waals surface area contributed by atoms with Crippen LogP contribution in [0.25, 0.3) is 0 Å². The number of rotatable bonds is 2. The summed E-state index contributed by atoms with van der Waals surface area (Å²) in [5.74, 6) is -1.29. The van der Waals surface area contributed by atoms with Gasteiger partial charge in [-0.15, -0.1) is 0 Å². The van der Waals surface area contributed by atoms with E-state index in [2.05, 4.69) is 5.32 Å². The fourth-order valence-corrected chi connectivity index (χ4v) is 1.09. The van der Waals surface area contributed by atoms with Crippen LogP contribution in [0, 0.1) is 24.0 Å². The zero-order valence-electron chi connectivity index (χ0n) is 7.41. The lowest BCUT2D eigenvalue weighted by molar-refractivity contribution is 0.568. The molecule has 0 amide bonds. The van der Waals surface area contributed by atoms with Gasteiger partial charge in [-0.25, -0.2) is 8.78 Å². The summed E-state index contributed by atoms with van der Waals surface area (Å²) in [6.07, 6.45) is 0.869. The first kappa shape index (κ1) is 9.64. The van der Waals surface area contributed by atoms with Crippen LogP contribution in [0.3, 0.4) is 0 Å². The molecule has 0 aliphatic heterocycles. The SMILES string of the molecule is CNc1cc(F)c(C)c(F)c1C=N. The van der Waals surface area contributed by atoms with Crippen LogP contribution in [0.1, 0.15) is 11.1 Å². The minimum Gasteiger partial charge on any atom is -0.387 e. The molecule has 2 N–H and O–H groups in total. The van der Waals surface area contributed by atoms with Gasteiger partial charge in [0.15, 0.2) is 0 Å². The second-order valence-electron chi connectivity index (χ2n) is 2.65. The van der Waals surface area contributed by atoms with Crippen molar-refractivity contribution in [1.82, 2.24) is 0 Å². The Morgan fingerprint density at radius 3 is 2.54 bits per heavy atom. The Hall–Kier alpha value is -1.45. The molecule has 70 valence electrons. The van der Waals surface area contributed by atoms with E-state index in [-0.39, 0.29) is 16.8 Å². The second-order valence-corrected chi connectivity index (χ2v) is 2.65. The zero-order chi connectivity index (χ0) is 10.0. The van der Waals surface area contributed by atoms with Gasteiger partial charge in [0.1, 0.15) is 11.6 Å². The summed E-state index contributed by atoms with van der Waals surface area (Å²) in [5.41, 5.74) is 0.314. The van der Waals surface area contributed by atoms with Gasteiger partial charge >= 0.3 is 0 Å². The van der Waals surface area contributed by atoms with Crippen LogP contribution in [-0.4, -0.2) is 13.3 Å². The third-order valence-corrected chi connectivity index (χ3v) is 1.90. The van der Waals surface area contributed by atoms with E-state index in [0.717, 1.165) is 6.21 Å². The molecule has 1 rings (SSSR count). The lowest BCUT2D eigenvalue weighted by Gasteiger charge is -2.08. The van der Waals surface area contributed by atoms with Crippen molar-refractivity contribution >= 4 is 11.9 Å². The highest BCUT2D eigenvalue weighted by Crippen LogP contribution is 2.22. The van der Waals surface area contributed by atoms with Crippen molar-refractivity contribution in [2.45, 2.75) is 6.92 Å². The average Bonchev–Trinajstić information content (AvgIpc) is 2.13. The molecule has 0 bridgehead atoms. The summed E-state index contributed by atoms with van der Waals surface area (Å²) in [6, 6.07) is 1.18. The van der Waals surface area contributed by atoms with Crippen molar-refractivity contribution in [3.63, 3.8) is 0 Å². The topological polar surface area (TPSA) is 35.9 Å². The number of nitrogens with one attached hydrogen (secondary N) is 2. The van der Waals surface area contributed by atoms with Crippen LogP contribution in [0.2, 0.25) is 0 Å². The highest BCUT2D eigenvalue weighted by Gasteiger charge is 2.12. The van der Waals surface area contributed by atoms with Crippen LogP contribution in [0.15, 0.2) is 6.07 Å². The van der Waals surface area contributed by atoms with Crippen molar-refractivity contribution < 1.29 is 8.78 Å². The number of anilines is 1. The molecule has 2 nitrogen and oxygen atoms in total. The quantitative estimate of drug-likeness (QED) is 0.680. The molecule has 0 atom stereocenters. The van der Waals surface area contributed by atoms with E-state index in [4.69, 9.17) is 5.41 Å². The van der Waals surface area contributed by atoms with E-state index in [1.165, 1.54) is 13.0 Å². The number of hydrogen-bond acceptors (Lipinski definition) is 2. The molecule has 0 aliphatic carbocycles. The summed E-state index contributed by atoms with van der Waals surface area (Å²) in [6.45, 7) is 1.34. The number of halogens is 2. The third kappa shape index (κ3) is 1.52. The Balaban J connectivity index is 3.47. The maximum Gasteiger partial charge on any atom is 0.139 e. The van der Waals surface area contributed by atoms with Crippen LogP contribution < -0.4 is 5.32 Å². The molecule has 1 aromatic rings. The maximum absolute atomic E-state index is 13.3. The molecule has 0 radical (unpaired) electrons. The van der Waals surface area contributed by atoms with Gasteiger partial charge in [0.2, 0.25) is 0 Å². The summed E-state index contributed by atoms with van der Waals surface area (Å²) in [7, 11) is 1.55. The van der Waals surface area contributed by atoms with Crippen molar-refractivity contribution in [2.24, 2.45) is 0 Å². The molecule has 0 saturated carbocycles. The molecule has 0 spiro atoms. The summed E-state index contributed by atoms with van der Waals surface area (Å²) >= 11 is 0. The van der Waals surface area contributed by atoms with Gasteiger partial charge < -0.3 is 10.7 Å². The first-order chi connectivity index (χ1) is 6.11. The van der Waals surface area contributed by atoms with Gasteiger partial charge in [0.05, 0.1) is 5.56 Å². The monoisotopic (exact) mass is 184 g/mol. The molecule has 4 heteroatoms. The Morgan fingerprint density at radius 1 is 1.46 bits per heavy atom. The van der Waals surface area contributed by atoms with Crippen molar-refractivity contribution in [3.05, 3.63) is 28.8 Å². The van der Waals surface area contributed by atoms with Gasteiger partial charge in [0, 0.05) is 24.5 Å². The van der Waals surface area contributed by atoms with E-state index in [9.17, 15) is 8.78 Å². The zero-order valence-corrected chi connectivity index (χ0v) is 7.41. The predicted octanol–water partition coefficient (Wildman–Crippen LogP) is 2.31. The molecule has 0 aliphatic rings. The van der Waals surface area contributed by atoms with Crippen molar-refractivity contribution in [1.29, 1.82) is 5.41 Å². The number of benzene rings is 1. The Kier molecular flexibility index (Phi) is 2.60.